The second-order valence-corrected chi connectivity index (χ2v) is 9.41. The number of hydrogen-bond acceptors (Lipinski definition) is 2. The van der Waals surface area contributed by atoms with Gasteiger partial charge in [-0.05, 0) is 57.4 Å². The zero-order valence-corrected chi connectivity index (χ0v) is 19.8. The summed E-state index contributed by atoms with van der Waals surface area (Å²) in [7, 11) is 0. The zero-order chi connectivity index (χ0) is 22.5. The summed E-state index contributed by atoms with van der Waals surface area (Å²) in [5, 5.41) is 3.88. The molecule has 6 heteroatoms. The van der Waals surface area contributed by atoms with Gasteiger partial charge in [-0.15, -0.1) is 0 Å². The fourth-order valence-corrected chi connectivity index (χ4v) is 3.63. The molecule has 0 radical (unpaired) electrons. The lowest BCUT2D eigenvalue weighted by molar-refractivity contribution is -0.141. The van der Waals surface area contributed by atoms with E-state index < -0.39 is 6.04 Å². The maximum atomic E-state index is 13.3. The van der Waals surface area contributed by atoms with Crippen molar-refractivity contribution in [2.45, 2.75) is 65.6 Å². The van der Waals surface area contributed by atoms with Crippen LogP contribution in [0, 0.1) is 6.92 Å². The summed E-state index contributed by atoms with van der Waals surface area (Å²) < 4.78 is 0. The Bertz CT molecular complexity index is 906. The summed E-state index contributed by atoms with van der Waals surface area (Å²) >= 11 is 12.2. The smallest absolute Gasteiger partial charge is 0.243 e. The third-order valence-corrected chi connectivity index (χ3v) is 5.40. The molecule has 2 aromatic carbocycles. The second-order valence-electron chi connectivity index (χ2n) is 8.60. The van der Waals surface area contributed by atoms with Gasteiger partial charge in [-0.1, -0.05) is 66.0 Å². The lowest BCUT2D eigenvalue weighted by Gasteiger charge is -2.33. The molecule has 0 aliphatic carbocycles. The summed E-state index contributed by atoms with van der Waals surface area (Å²) in [5.41, 5.74) is 2.45. The first-order valence-corrected chi connectivity index (χ1v) is 10.9. The normalized spacial score (nSPS) is 12.4. The van der Waals surface area contributed by atoms with E-state index in [2.05, 4.69) is 5.32 Å². The first-order valence-electron chi connectivity index (χ1n) is 10.1. The first-order chi connectivity index (χ1) is 14.0. The monoisotopic (exact) mass is 448 g/mol. The van der Waals surface area contributed by atoms with Gasteiger partial charge >= 0.3 is 0 Å². The van der Waals surface area contributed by atoms with Crippen LogP contribution in [0.15, 0.2) is 42.5 Å². The van der Waals surface area contributed by atoms with Crippen molar-refractivity contribution in [1.29, 1.82) is 0 Å². The van der Waals surface area contributed by atoms with Crippen molar-refractivity contribution in [1.82, 2.24) is 10.2 Å². The Hall–Kier alpha value is -2.04. The molecule has 0 bridgehead atoms. The zero-order valence-electron chi connectivity index (χ0n) is 18.3. The van der Waals surface area contributed by atoms with E-state index in [0.717, 1.165) is 16.7 Å². The molecule has 4 nitrogen and oxygen atoms in total. The van der Waals surface area contributed by atoms with Crippen LogP contribution >= 0.6 is 23.2 Å². The van der Waals surface area contributed by atoms with Gasteiger partial charge in [0.25, 0.3) is 0 Å². The van der Waals surface area contributed by atoms with Gasteiger partial charge < -0.3 is 10.2 Å². The number of hydrogen-bond donors (Lipinski definition) is 1. The Morgan fingerprint density at radius 1 is 1.03 bits per heavy atom. The number of nitrogens with one attached hydrogen (secondary N) is 1. The van der Waals surface area contributed by atoms with Gasteiger partial charge in [-0.25, -0.2) is 0 Å². The number of nitrogens with zero attached hydrogens (tertiary/aromatic N) is 1. The molecule has 0 fully saturated rings. The lowest BCUT2D eigenvalue weighted by Crippen LogP contribution is -2.53. The number of halogens is 2. The Morgan fingerprint density at radius 2 is 1.73 bits per heavy atom. The van der Waals surface area contributed by atoms with Gasteiger partial charge in [0.1, 0.15) is 6.04 Å². The molecule has 1 atom stereocenters. The van der Waals surface area contributed by atoms with Crippen LogP contribution in [0.1, 0.15) is 50.8 Å². The van der Waals surface area contributed by atoms with Crippen LogP contribution < -0.4 is 5.32 Å². The molecule has 2 rings (SSSR count). The van der Waals surface area contributed by atoms with Gasteiger partial charge in [-0.2, -0.15) is 0 Å². The molecule has 0 aliphatic rings. The van der Waals surface area contributed by atoms with Crippen LogP contribution in [0.2, 0.25) is 10.0 Å². The summed E-state index contributed by atoms with van der Waals surface area (Å²) in [6, 6.07) is 12.5. The van der Waals surface area contributed by atoms with Gasteiger partial charge in [0, 0.05) is 12.1 Å². The van der Waals surface area contributed by atoms with Crippen LogP contribution in [-0.4, -0.2) is 28.3 Å². The summed E-state index contributed by atoms with van der Waals surface area (Å²) in [6.07, 6.45) is 0.727. The molecule has 1 N–H and O–H groups in total. The average molecular weight is 449 g/mol. The van der Waals surface area contributed by atoms with Crippen LogP contribution in [0.3, 0.4) is 0 Å². The van der Waals surface area contributed by atoms with Crippen molar-refractivity contribution in [3.05, 3.63) is 69.2 Å². The van der Waals surface area contributed by atoms with Crippen LogP contribution in [0.25, 0.3) is 0 Å². The first kappa shape index (κ1) is 24.2. The van der Waals surface area contributed by atoms with Crippen molar-refractivity contribution in [2.24, 2.45) is 0 Å². The predicted octanol–water partition coefficient (Wildman–Crippen LogP) is 5.57. The fourth-order valence-electron chi connectivity index (χ4n) is 3.31. The molecule has 30 heavy (non-hydrogen) atoms. The van der Waals surface area contributed by atoms with E-state index >= 15 is 0 Å². The van der Waals surface area contributed by atoms with Crippen LogP contribution in [0.4, 0.5) is 0 Å². The lowest BCUT2D eigenvalue weighted by atomic mass is 10.0. The van der Waals surface area contributed by atoms with E-state index in [1.165, 1.54) is 0 Å². The Kier molecular flexibility index (Phi) is 8.34. The van der Waals surface area contributed by atoms with Gasteiger partial charge in [0.05, 0.1) is 16.5 Å². The van der Waals surface area contributed by atoms with Crippen molar-refractivity contribution in [2.75, 3.05) is 0 Å². The summed E-state index contributed by atoms with van der Waals surface area (Å²) in [4.78, 5) is 28.0. The minimum atomic E-state index is -0.587. The Labute approximate surface area is 189 Å². The average Bonchev–Trinajstić information content (AvgIpc) is 2.63. The standard InChI is InChI=1S/C24H30Cl2N2O2/c1-6-21(23(30)27-24(3,4)5)28(15-18-10-11-19(25)20(26)13-18)22(29)14-17-9-7-8-16(2)12-17/h7-13,21H,6,14-15H2,1-5H3,(H,27,30). The number of carbonyl (C=O) groups excluding carboxylic acids is 2. The second kappa shape index (κ2) is 10.3. The molecule has 2 aromatic rings. The van der Waals surface area contributed by atoms with E-state index in [9.17, 15) is 9.59 Å². The minimum Gasteiger partial charge on any atom is -0.350 e. The molecule has 0 aromatic heterocycles. The van der Waals surface area contributed by atoms with Crippen LogP contribution in [0.5, 0.6) is 0 Å². The number of aryl methyl sites for hydroxylation is 1. The van der Waals surface area contributed by atoms with Crippen molar-refractivity contribution in [3.63, 3.8) is 0 Å². The number of amides is 2. The number of carbonyl (C=O) groups is 2. The SMILES string of the molecule is CCC(C(=O)NC(C)(C)C)N(Cc1ccc(Cl)c(Cl)c1)C(=O)Cc1cccc(C)c1. The van der Waals surface area contributed by atoms with Crippen molar-refractivity contribution < 1.29 is 9.59 Å². The molecule has 0 spiro atoms. The molecule has 0 aliphatic heterocycles. The van der Waals surface area contributed by atoms with Crippen LogP contribution in [-0.2, 0) is 22.6 Å². The van der Waals surface area contributed by atoms with E-state index in [1.807, 2.05) is 65.0 Å². The molecule has 2 amide bonds. The van der Waals surface area contributed by atoms with Crippen molar-refractivity contribution >= 4 is 35.0 Å². The molecule has 0 saturated heterocycles. The highest BCUT2D eigenvalue weighted by molar-refractivity contribution is 6.42. The topological polar surface area (TPSA) is 49.4 Å². The van der Waals surface area contributed by atoms with Gasteiger partial charge in [0.2, 0.25) is 11.8 Å². The largest absolute Gasteiger partial charge is 0.350 e. The molecule has 0 heterocycles. The quantitative estimate of drug-likeness (QED) is 0.601. The highest BCUT2D eigenvalue weighted by atomic mass is 35.5. The molecule has 1 unspecified atom stereocenters. The predicted molar refractivity (Wildman–Crippen MR) is 124 cm³/mol. The number of benzene rings is 2. The summed E-state index contributed by atoms with van der Waals surface area (Å²) in [5.74, 6) is -0.273. The molecular weight excluding hydrogens is 419 g/mol. The maximum Gasteiger partial charge on any atom is 0.243 e. The minimum absolute atomic E-state index is 0.109. The highest BCUT2D eigenvalue weighted by Gasteiger charge is 2.30. The molecular formula is C24H30Cl2N2O2. The number of rotatable bonds is 7. The van der Waals surface area contributed by atoms with E-state index in [-0.39, 0.29) is 30.3 Å². The van der Waals surface area contributed by atoms with Gasteiger partial charge in [-0.3, -0.25) is 9.59 Å². The van der Waals surface area contributed by atoms with E-state index in [1.54, 1.807) is 17.0 Å². The van der Waals surface area contributed by atoms with Crippen molar-refractivity contribution in [3.8, 4) is 0 Å². The third-order valence-electron chi connectivity index (χ3n) is 4.66. The summed E-state index contributed by atoms with van der Waals surface area (Å²) in [6.45, 7) is 9.96. The van der Waals surface area contributed by atoms with E-state index in [4.69, 9.17) is 23.2 Å². The molecule has 162 valence electrons. The Balaban J connectivity index is 2.35. The Morgan fingerprint density at radius 3 is 2.30 bits per heavy atom. The molecule has 0 saturated carbocycles. The fraction of sp³-hybridized carbons (Fsp3) is 0.417. The third kappa shape index (κ3) is 7.03. The highest BCUT2D eigenvalue weighted by Crippen LogP contribution is 2.24. The van der Waals surface area contributed by atoms with E-state index in [0.29, 0.717) is 16.5 Å². The maximum absolute atomic E-state index is 13.3. The van der Waals surface area contributed by atoms with Gasteiger partial charge in [0.15, 0.2) is 0 Å².